The Balaban J connectivity index is 1.15. The van der Waals surface area contributed by atoms with Crippen LogP contribution in [0.15, 0.2) is 152 Å². The zero-order valence-corrected chi connectivity index (χ0v) is 26.7. The normalized spacial score (nSPS) is 13.2. The van der Waals surface area contributed by atoms with Crippen LogP contribution in [0.1, 0.15) is 33.4 Å². The van der Waals surface area contributed by atoms with E-state index in [1.807, 2.05) is 11.3 Å². The van der Waals surface area contributed by atoms with Gasteiger partial charge in [0, 0.05) is 56.9 Å². The second-order valence-corrected chi connectivity index (χ2v) is 13.1. The minimum Gasteiger partial charge on any atom is -0.370 e. The lowest BCUT2D eigenvalue weighted by Gasteiger charge is -2.28. The summed E-state index contributed by atoms with van der Waals surface area (Å²) >= 11 is 1.85. The van der Waals surface area contributed by atoms with Crippen LogP contribution in [0.2, 0.25) is 0 Å². The first-order chi connectivity index (χ1) is 22.6. The van der Waals surface area contributed by atoms with Crippen molar-refractivity contribution in [3.05, 3.63) is 186 Å². The number of rotatable bonds is 6. The first-order valence-electron chi connectivity index (χ1n) is 15.8. The second kappa shape index (κ2) is 11.8. The number of benzene rings is 6. The molecule has 2 nitrogen and oxygen atoms in total. The first-order valence-corrected chi connectivity index (χ1v) is 16.6. The molecule has 1 aromatic heterocycles. The molecule has 8 rings (SSSR count). The summed E-state index contributed by atoms with van der Waals surface area (Å²) in [5.41, 5.74) is 12.0. The number of hydrogen-bond acceptors (Lipinski definition) is 3. The molecule has 1 aliphatic heterocycles. The number of nitrogens with zero attached hydrogens (tertiary/aromatic N) is 2. The molecule has 1 aliphatic rings. The number of fused-ring (bicyclic) bond motifs is 5. The Hall–Kier alpha value is -5.38. The van der Waals surface area contributed by atoms with Crippen molar-refractivity contribution in [2.75, 3.05) is 16.8 Å². The molecule has 0 bridgehead atoms. The fraction of sp³-hybridized carbons (Fsp3) is 0.0698. The Labute approximate surface area is 274 Å². The average Bonchev–Trinajstić information content (AvgIpc) is 3.46. The highest BCUT2D eigenvalue weighted by molar-refractivity contribution is 7.25. The summed E-state index contributed by atoms with van der Waals surface area (Å²) in [5, 5.41) is 2.59. The lowest BCUT2D eigenvalue weighted by atomic mass is 9.91. The molecule has 222 valence electrons. The van der Waals surface area contributed by atoms with E-state index in [4.69, 9.17) is 0 Å². The quantitative estimate of drug-likeness (QED) is 0.185. The van der Waals surface area contributed by atoms with Crippen LogP contribution in [-0.4, -0.2) is 7.05 Å². The number of hydrogen-bond donors (Lipinski definition) is 0. The molecular weight excluding hydrogens is 577 g/mol. The Morgan fingerprint density at radius 1 is 0.652 bits per heavy atom. The van der Waals surface area contributed by atoms with Crippen LogP contribution in [0.3, 0.4) is 0 Å². The Kier molecular flexibility index (Phi) is 7.24. The van der Waals surface area contributed by atoms with Gasteiger partial charge in [0.1, 0.15) is 0 Å². The summed E-state index contributed by atoms with van der Waals surface area (Å²) in [6.07, 6.45) is 5.34. The Morgan fingerprint density at radius 3 is 2.26 bits per heavy atom. The maximum absolute atomic E-state index is 4.64. The van der Waals surface area contributed by atoms with E-state index < -0.39 is 0 Å². The third-order valence-electron chi connectivity index (χ3n) is 9.04. The summed E-state index contributed by atoms with van der Waals surface area (Å²) < 4.78 is 2.59. The molecule has 46 heavy (non-hydrogen) atoms. The summed E-state index contributed by atoms with van der Waals surface area (Å²) in [6, 6.07) is 50.4. The van der Waals surface area contributed by atoms with E-state index in [0.29, 0.717) is 0 Å². The maximum Gasteiger partial charge on any atom is 0.0548 e. The SMILES string of the molecule is C=C1c2ccccc2/C=C\N(c2ccc(CN(C)c3ccccc3Cc3ccccc3)cc2)c2cc3sc4ccccc4c3cc21. The fourth-order valence-electron chi connectivity index (χ4n) is 6.69. The highest BCUT2D eigenvalue weighted by Crippen LogP contribution is 2.44. The van der Waals surface area contributed by atoms with Gasteiger partial charge in [-0.05, 0) is 82.3 Å². The monoisotopic (exact) mass is 610 g/mol. The number of thiophene rings is 1. The molecule has 6 aromatic carbocycles. The van der Waals surface area contributed by atoms with Gasteiger partial charge >= 0.3 is 0 Å². The van der Waals surface area contributed by atoms with Crippen molar-refractivity contribution in [2.24, 2.45) is 0 Å². The zero-order chi connectivity index (χ0) is 31.0. The van der Waals surface area contributed by atoms with Gasteiger partial charge in [-0.3, -0.25) is 0 Å². The van der Waals surface area contributed by atoms with Gasteiger partial charge in [-0.2, -0.15) is 0 Å². The van der Waals surface area contributed by atoms with Crippen LogP contribution in [0.25, 0.3) is 31.8 Å². The van der Waals surface area contributed by atoms with Gasteiger partial charge in [0.25, 0.3) is 0 Å². The van der Waals surface area contributed by atoms with Crippen molar-refractivity contribution in [1.82, 2.24) is 0 Å². The number of para-hydroxylation sites is 1. The lowest BCUT2D eigenvalue weighted by Crippen LogP contribution is -2.18. The van der Waals surface area contributed by atoms with Gasteiger partial charge in [-0.25, -0.2) is 0 Å². The fourth-order valence-corrected chi connectivity index (χ4v) is 7.81. The molecule has 0 N–H and O–H groups in total. The van der Waals surface area contributed by atoms with E-state index in [1.165, 1.54) is 53.7 Å². The van der Waals surface area contributed by atoms with E-state index in [9.17, 15) is 0 Å². The molecule has 0 spiro atoms. The van der Waals surface area contributed by atoms with Crippen molar-refractivity contribution >= 4 is 60.2 Å². The van der Waals surface area contributed by atoms with Crippen molar-refractivity contribution in [3.63, 3.8) is 0 Å². The largest absolute Gasteiger partial charge is 0.370 e. The highest BCUT2D eigenvalue weighted by Gasteiger charge is 2.21. The minimum absolute atomic E-state index is 0.825. The Bertz CT molecular complexity index is 2240. The molecule has 0 radical (unpaired) electrons. The van der Waals surface area contributed by atoms with Crippen LogP contribution >= 0.6 is 11.3 Å². The van der Waals surface area contributed by atoms with Gasteiger partial charge < -0.3 is 9.80 Å². The number of anilines is 3. The average molecular weight is 611 g/mol. The summed E-state index contributed by atoms with van der Waals surface area (Å²) in [7, 11) is 2.19. The molecule has 2 heterocycles. The van der Waals surface area contributed by atoms with E-state index in [2.05, 4.69) is 175 Å². The van der Waals surface area contributed by atoms with Gasteiger partial charge in [0.2, 0.25) is 0 Å². The molecule has 3 heteroatoms. The van der Waals surface area contributed by atoms with Crippen molar-refractivity contribution in [2.45, 2.75) is 13.0 Å². The predicted octanol–water partition coefficient (Wildman–Crippen LogP) is 11.5. The van der Waals surface area contributed by atoms with Gasteiger partial charge in [0.05, 0.1) is 5.69 Å². The van der Waals surface area contributed by atoms with Crippen LogP contribution in [-0.2, 0) is 13.0 Å². The van der Waals surface area contributed by atoms with Crippen LogP contribution < -0.4 is 9.80 Å². The molecule has 0 saturated heterocycles. The zero-order valence-electron chi connectivity index (χ0n) is 25.9. The second-order valence-electron chi connectivity index (χ2n) is 12.0. The maximum atomic E-state index is 4.64. The third kappa shape index (κ3) is 5.19. The molecule has 0 unspecified atom stereocenters. The summed E-state index contributed by atoms with van der Waals surface area (Å²) in [5.74, 6) is 0. The summed E-state index contributed by atoms with van der Waals surface area (Å²) in [6.45, 7) is 5.47. The van der Waals surface area contributed by atoms with Crippen molar-refractivity contribution < 1.29 is 0 Å². The van der Waals surface area contributed by atoms with Crippen LogP contribution in [0, 0.1) is 0 Å². The van der Waals surface area contributed by atoms with Crippen molar-refractivity contribution in [3.8, 4) is 0 Å². The smallest absolute Gasteiger partial charge is 0.0548 e. The first kappa shape index (κ1) is 28.1. The lowest BCUT2D eigenvalue weighted by molar-refractivity contribution is 0.911. The molecule has 0 fully saturated rings. The standard InChI is InChI=1S/C43H34N2S/c1-30-36-16-8-6-14-33(36)24-25-45(41-28-43-39(27-38(30)41)37-17-9-11-19-42(37)46-43)35-22-20-32(21-23-35)29-44(2)40-18-10-7-15-34(40)26-31-12-4-3-5-13-31/h3-25,27-28H,1,26,29H2,2H3/b25-24-. The van der Waals surface area contributed by atoms with E-state index >= 15 is 0 Å². The molecule has 0 saturated carbocycles. The molecule has 7 aromatic rings. The van der Waals surface area contributed by atoms with E-state index in [-0.39, 0.29) is 0 Å². The van der Waals surface area contributed by atoms with E-state index in [1.54, 1.807) is 0 Å². The van der Waals surface area contributed by atoms with E-state index in [0.717, 1.165) is 35.5 Å². The van der Waals surface area contributed by atoms with Crippen LogP contribution in [0.4, 0.5) is 17.1 Å². The predicted molar refractivity (Wildman–Crippen MR) is 199 cm³/mol. The van der Waals surface area contributed by atoms with Gasteiger partial charge in [-0.15, -0.1) is 11.3 Å². The molecule has 0 atom stereocenters. The highest BCUT2D eigenvalue weighted by atomic mass is 32.1. The third-order valence-corrected chi connectivity index (χ3v) is 10.2. The summed E-state index contributed by atoms with van der Waals surface area (Å²) in [4.78, 5) is 4.68. The van der Waals surface area contributed by atoms with Gasteiger partial charge in [-0.1, -0.05) is 110 Å². The molecule has 0 aliphatic carbocycles. The minimum atomic E-state index is 0.825. The topological polar surface area (TPSA) is 6.48 Å². The van der Waals surface area contributed by atoms with Crippen LogP contribution in [0.5, 0.6) is 0 Å². The van der Waals surface area contributed by atoms with Crippen molar-refractivity contribution in [1.29, 1.82) is 0 Å². The van der Waals surface area contributed by atoms with Gasteiger partial charge in [0.15, 0.2) is 0 Å². The Morgan fingerprint density at radius 2 is 1.39 bits per heavy atom. The molecular formula is C43H34N2S. The molecule has 0 amide bonds.